The Balaban J connectivity index is 2.49. The number of hydrogen-bond acceptors (Lipinski definition) is 3. The number of ether oxygens (including phenoxy) is 1. The average molecular weight is 252 g/mol. The molecule has 0 saturated heterocycles. The number of anilines is 1. The number of benzene rings is 1. The summed E-state index contributed by atoms with van der Waals surface area (Å²) in [7, 11) is 1.60. The maximum atomic E-state index is 13.7. The molecule has 0 aliphatic carbocycles. The van der Waals surface area contributed by atoms with Crippen molar-refractivity contribution in [2.75, 3.05) is 25.6 Å². The van der Waals surface area contributed by atoms with Crippen molar-refractivity contribution in [3.63, 3.8) is 0 Å². The zero-order chi connectivity index (χ0) is 13.1. The number of aromatic nitrogens is 1. The van der Waals surface area contributed by atoms with Gasteiger partial charge in [0.25, 0.3) is 0 Å². The number of nitrogens with zero attached hydrogens (tertiary/aromatic N) is 1. The van der Waals surface area contributed by atoms with E-state index in [9.17, 15) is 8.78 Å². The first-order valence-corrected chi connectivity index (χ1v) is 5.61. The second-order valence-corrected chi connectivity index (χ2v) is 3.99. The van der Waals surface area contributed by atoms with Gasteiger partial charge in [-0.3, -0.25) is 0 Å². The van der Waals surface area contributed by atoms with Crippen molar-refractivity contribution in [1.29, 1.82) is 0 Å². The molecule has 1 aromatic heterocycles. The van der Waals surface area contributed by atoms with E-state index in [1.54, 1.807) is 20.1 Å². The lowest BCUT2D eigenvalue weighted by Gasteiger charge is -2.11. The maximum Gasteiger partial charge on any atom is 0.185 e. The average Bonchev–Trinajstić information content (AvgIpc) is 2.34. The van der Waals surface area contributed by atoms with Crippen molar-refractivity contribution in [2.24, 2.45) is 0 Å². The van der Waals surface area contributed by atoms with Gasteiger partial charge in [-0.2, -0.15) is 0 Å². The van der Waals surface area contributed by atoms with Gasteiger partial charge < -0.3 is 10.1 Å². The molecule has 0 aliphatic rings. The van der Waals surface area contributed by atoms with Crippen LogP contribution in [0.25, 0.3) is 10.9 Å². The Labute approximate surface area is 104 Å². The molecule has 0 fully saturated rings. The van der Waals surface area contributed by atoms with Gasteiger partial charge in [-0.1, -0.05) is 0 Å². The van der Waals surface area contributed by atoms with Crippen LogP contribution in [-0.4, -0.2) is 25.2 Å². The summed E-state index contributed by atoms with van der Waals surface area (Å²) in [5.41, 5.74) is 1.41. The van der Waals surface area contributed by atoms with Crippen LogP contribution in [0, 0.1) is 18.6 Å². The Kier molecular flexibility index (Phi) is 3.72. The minimum absolute atomic E-state index is 0.0508. The van der Waals surface area contributed by atoms with Gasteiger partial charge in [-0.15, -0.1) is 0 Å². The number of fused-ring (bicyclic) bond motifs is 1. The molecule has 2 rings (SSSR count). The molecule has 3 nitrogen and oxygen atoms in total. The van der Waals surface area contributed by atoms with Crippen LogP contribution in [0.5, 0.6) is 0 Å². The van der Waals surface area contributed by atoms with Gasteiger partial charge in [-0.05, 0) is 25.1 Å². The number of methoxy groups -OCH3 is 1. The first kappa shape index (κ1) is 12.7. The predicted octanol–water partition coefficient (Wildman–Crippen LogP) is 2.88. The fourth-order valence-corrected chi connectivity index (χ4v) is 1.80. The summed E-state index contributed by atoms with van der Waals surface area (Å²) in [5.74, 6) is -1.80. The quantitative estimate of drug-likeness (QED) is 0.849. The topological polar surface area (TPSA) is 34.1 Å². The van der Waals surface area contributed by atoms with Crippen molar-refractivity contribution >= 4 is 16.6 Å². The maximum absolute atomic E-state index is 13.7. The van der Waals surface area contributed by atoms with E-state index in [1.807, 2.05) is 0 Å². The molecule has 0 unspecified atom stereocenters. The summed E-state index contributed by atoms with van der Waals surface area (Å²) >= 11 is 0. The third kappa shape index (κ3) is 2.41. The van der Waals surface area contributed by atoms with Crippen LogP contribution >= 0.6 is 0 Å². The van der Waals surface area contributed by atoms with Gasteiger partial charge in [0.2, 0.25) is 0 Å². The van der Waals surface area contributed by atoms with Crippen molar-refractivity contribution in [2.45, 2.75) is 6.92 Å². The number of halogens is 2. The molecule has 1 N–H and O–H groups in total. The van der Waals surface area contributed by atoms with Gasteiger partial charge in [0, 0.05) is 30.4 Å². The molecular formula is C13H14F2N2O. The molecule has 5 heteroatoms. The monoisotopic (exact) mass is 252 g/mol. The van der Waals surface area contributed by atoms with E-state index < -0.39 is 11.6 Å². The Bertz CT molecular complexity index is 572. The van der Waals surface area contributed by atoms with Crippen molar-refractivity contribution in [1.82, 2.24) is 4.98 Å². The molecule has 1 heterocycles. The molecule has 0 amide bonds. The molecule has 0 bridgehead atoms. The zero-order valence-electron chi connectivity index (χ0n) is 10.3. The SMILES string of the molecule is COCCNc1cc(C)nc2c(F)c(F)ccc12. The van der Waals surface area contributed by atoms with Gasteiger partial charge in [0.05, 0.1) is 6.61 Å². The highest BCUT2D eigenvalue weighted by atomic mass is 19.2. The Hall–Kier alpha value is -1.75. The number of aryl methyl sites for hydroxylation is 1. The van der Waals surface area contributed by atoms with Crippen LogP contribution in [0.1, 0.15) is 5.69 Å². The van der Waals surface area contributed by atoms with Crippen LogP contribution in [-0.2, 0) is 4.74 Å². The summed E-state index contributed by atoms with van der Waals surface area (Å²) in [6, 6.07) is 4.43. The van der Waals surface area contributed by atoms with Crippen molar-refractivity contribution in [3.05, 3.63) is 35.5 Å². The molecule has 96 valence electrons. The Morgan fingerprint density at radius 1 is 1.33 bits per heavy atom. The van der Waals surface area contributed by atoms with E-state index in [-0.39, 0.29) is 5.52 Å². The van der Waals surface area contributed by atoms with Crippen molar-refractivity contribution < 1.29 is 13.5 Å². The highest BCUT2D eigenvalue weighted by Gasteiger charge is 2.11. The third-order valence-corrected chi connectivity index (χ3v) is 2.62. The summed E-state index contributed by atoms with van der Waals surface area (Å²) < 4.78 is 31.8. The van der Waals surface area contributed by atoms with Crippen LogP contribution in [0.2, 0.25) is 0 Å². The highest BCUT2D eigenvalue weighted by molar-refractivity contribution is 5.91. The van der Waals surface area contributed by atoms with Gasteiger partial charge in [0.1, 0.15) is 5.52 Å². The zero-order valence-corrected chi connectivity index (χ0v) is 10.3. The number of pyridine rings is 1. The highest BCUT2D eigenvalue weighted by Crippen LogP contribution is 2.26. The lowest BCUT2D eigenvalue weighted by atomic mass is 10.1. The Morgan fingerprint density at radius 3 is 2.83 bits per heavy atom. The smallest absolute Gasteiger partial charge is 0.185 e. The predicted molar refractivity (Wildman–Crippen MR) is 66.8 cm³/mol. The summed E-state index contributed by atoms with van der Waals surface area (Å²) in [6.45, 7) is 2.87. The first-order chi connectivity index (χ1) is 8.63. The Morgan fingerprint density at radius 2 is 2.11 bits per heavy atom. The third-order valence-electron chi connectivity index (χ3n) is 2.62. The number of nitrogens with one attached hydrogen (secondary N) is 1. The number of rotatable bonds is 4. The molecule has 0 aliphatic heterocycles. The van der Waals surface area contributed by atoms with Crippen LogP contribution < -0.4 is 5.32 Å². The fourth-order valence-electron chi connectivity index (χ4n) is 1.80. The second-order valence-electron chi connectivity index (χ2n) is 3.99. The molecule has 18 heavy (non-hydrogen) atoms. The summed E-state index contributed by atoms with van der Waals surface area (Å²) in [5, 5.41) is 3.69. The minimum Gasteiger partial charge on any atom is -0.383 e. The molecule has 2 aromatic rings. The van der Waals surface area contributed by atoms with Crippen LogP contribution in [0.4, 0.5) is 14.5 Å². The summed E-state index contributed by atoms with van der Waals surface area (Å²) in [4.78, 5) is 4.04. The van der Waals surface area contributed by atoms with E-state index in [1.165, 1.54) is 6.07 Å². The van der Waals surface area contributed by atoms with E-state index in [0.717, 1.165) is 11.8 Å². The lowest BCUT2D eigenvalue weighted by molar-refractivity contribution is 0.211. The van der Waals surface area contributed by atoms with Gasteiger partial charge in [-0.25, -0.2) is 13.8 Å². The normalized spacial score (nSPS) is 10.9. The first-order valence-electron chi connectivity index (χ1n) is 5.61. The minimum atomic E-state index is -0.911. The largest absolute Gasteiger partial charge is 0.383 e. The van der Waals surface area contributed by atoms with Crippen LogP contribution in [0.15, 0.2) is 18.2 Å². The molecule has 1 aromatic carbocycles. The molecule has 0 atom stereocenters. The molecular weight excluding hydrogens is 238 g/mol. The van der Waals surface area contributed by atoms with E-state index in [2.05, 4.69) is 10.3 Å². The van der Waals surface area contributed by atoms with Gasteiger partial charge >= 0.3 is 0 Å². The second kappa shape index (κ2) is 5.27. The molecule has 0 radical (unpaired) electrons. The van der Waals surface area contributed by atoms with Gasteiger partial charge in [0.15, 0.2) is 11.6 Å². The summed E-state index contributed by atoms with van der Waals surface area (Å²) in [6.07, 6.45) is 0. The lowest BCUT2D eigenvalue weighted by Crippen LogP contribution is -2.08. The number of hydrogen-bond donors (Lipinski definition) is 1. The van der Waals surface area contributed by atoms with E-state index >= 15 is 0 Å². The van der Waals surface area contributed by atoms with Crippen LogP contribution in [0.3, 0.4) is 0 Å². The molecule has 0 saturated carbocycles. The fraction of sp³-hybridized carbons (Fsp3) is 0.308. The van der Waals surface area contributed by atoms with E-state index in [0.29, 0.717) is 24.2 Å². The standard InChI is InChI=1S/C13H14F2N2O/c1-8-7-11(16-5-6-18-2)9-3-4-10(14)12(15)13(9)17-8/h3-4,7H,5-6H2,1-2H3,(H,16,17). The van der Waals surface area contributed by atoms with E-state index in [4.69, 9.17) is 4.74 Å². The molecule has 0 spiro atoms. The van der Waals surface area contributed by atoms with Crippen molar-refractivity contribution in [3.8, 4) is 0 Å².